The molecule has 1 rings (SSSR count). The standard InChI is InChI=1S/C11H22O2S/c1-9(2)13-8-11(12)7-10-3-5-14-6-4-10/h9-12H,3-8H2,1-2H3. The van der Waals surface area contributed by atoms with E-state index in [1.54, 1.807) is 0 Å². The third-order valence-electron chi connectivity index (χ3n) is 2.57. The van der Waals surface area contributed by atoms with Crippen LogP contribution >= 0.6 is 11.8 Å². The van der Waals surface area contributed by atoms with E-state index < -0.39 is 0 Å². The van der Waals surface area contributed by atoms with Crippen molar-refractivity contribution in [3.8, 4) is 0 Å². The molecule has 14 heavy (non-hydrogen) atoms. The lowest BCUT2D eigenvalue weighted by Crippen LogP contribution is -2.23. The summed E-state index contributed by atoms with van der Waals surface area (Å²) >= 11 is 2.03. The minimum absolute atomic E-state index is 0.228. The quantitative estimate of drug-likeness (QED) is 0.768. The van der Waals surface area contributed by atoms with E-state index in [0.717, 1.165) is 12.3 Å². The van der Waals surface area contributed by atoms with Crippen molar-refractivity contribution in [3.63, 3.8) is 0 Å². The summed E-state index contributed by atoms with van der Waals surface area (Å²) in [6, 6.07) is 0. The Hall–Kier alpha value is 0.270. The molecule has 0 saturated carbocycles. The van der Waals surface area contributed by atoms with Crippen LogP contribution < -0.4 is 0 Å². The normalized spacial score (nSPS) is 21.4. The molecular formula is C11H22O2S. The van der Waals surface area contributed by atoms with Crippen molar-refractivity contribution < 1.29 is 9.84 Å². The molecule has 1 N–H and O–H groups in total. The summed E-state index contributed by atoms with van der Waals surface area (Å²) in [5.74, 6) is 3.26. The summed E-state index contributed by atoms with van der Waals surface area (Å²) in [7, 11) is 0. The van der Waals surface area contributed by atoms with Gasteiger partial charge in [0, 0.05) is 0 Å². The van der Waals surface area contributed by atoms with Gasteiger partial charge in [0.2, 0.25) is 0 Å². The van der Waals surface area contributed by atoms with Crippen LogP contribution in [0, 0.1) is 5.92 Å². The van der Waals surface area contributed by atoms with Gasteiger partial charge in [0.05, 0.1) is 18.8 Å². The molecule has 84 valence electrons. The molecule has 1 atom stereocenters. The Bertz CT molecular complexity index is 144. The van der Waals surface area contributed by atoms with Crippen LogP contribution in [0.25, 0.3) is 0 Å². The topological polar surface area (TPSA) is 29.5 Å². The molecule has 0 aromatic carbocycles. The van der Waals surface area contributed by atoms with Crippen LogP contribution in [-0.4, -0.2) is 35.4 Å². The second kappa shape index (κ2) is 6.70. The summed E-state index contributed by atoms with van der Waals surface area (Å²) in [4.78, 5) is 0. The molecule has 1 fully saturated rings. The van der Waals surface area contributed by atoms with E-state index >= 15 is 0 Å². The third-order valence-corrected chi connectivity index (χ3v) is 3.62. The second-order valence-electron chi connectivity index (χ2n) is 4.33. The Morgan fingerprint density at radius 2 is 2.00 bits per heavy atom. The molecule has 0 aromatic rings. The van der Waals surface area contributed by atoms with Crippen molar-refractivity contribution in [2.75, 3.05) is 18.1 Å². The largest absolute Gasteiger partial charge is 0.391 e. The number of thioether (sulfide) groups is 1. The number of aliphatic hydroxyl groups excluding tert-OH is 1. The van der Waals surface area contributed by atoms with Crippen molar-refractivity contribution in [3.05, 3.63) is 0 Å². The van der Waals surface area contributed by atoms with Crippen molar-refractivity contribution in [2.24, 2.45) is 5.92 Å². The Morgan fingerprint density at radius 3 is 2.57 bits per heavy atom. The molecule has 0 amide bonds. The van der Waals surface area contributed by atoms with Gasteiger partial charge in [-0.3, -0.25) is 0 Å². The summed E-state index contributed by atoms with van der Waals surface area (Å²) in [5, 5.41) is 9.72. The molecule has 1 aliphatic heterocycles. The Balaban J connectivity index is 2.09. The average molecular weight is 218 g/mol. The smallest absolute Gasteiger partial charge is 0.0776 e. The van der Waals surface area contributed by atoms with Gasteiger partial charge in [0.25, 0.3) is 0 Å². The van der Waals surface area contributed by atoms with Gasteiger partial charge in [-0.2, -0.15) is 11.8 Å². The van der Waals surface area contributed by atoms with Gasteiger partial charge in [-0.05, 0) is 50.5 Å². The third kappa shape index (κ3) is 5.23. The highest BCUT2D eigenvalue weighted by Gasteiger charge is 2.17. The number of rotatable bonds is 5. The number of hydrogen-bond acceptors (Lipinski definition) is 3. The number of hydrogen-bond donors (Lipinski definition) is 1. The molecule has 0 radical (unpaired) electrons. The van der Waals surface area contributed by atoms with Gasteiger partial charge >= 0.3 is 0 Å². The Morgan fingerprint density at radius 1 is 1.36 bits per heavy atom. The molecule has 1 saturated heterocycles. The molecule has 0 bridgehead atoms. The van der Waals surface area contributed by atoms with Gasteiger partial charge < -0.3 is 9.84 Å². The monoisotopic (exact) mass is 218 g/mol. The van der Waals surface area contributed by atoms with Crippen molar-refractivity contribution in [1.29, 1.82) is 0 Å². The van der Waals surface area contributed by atoms with Gasteiger partial charge in [-0.1, -0.05) is 0 Å². The number of ether oxygens (including phenoxy) is 1. The summed E-state index contributed by atoms with van der Waals surface area (Å²) in [6.07, 6.45) is 3.43. The zero-order valence-corrected chi connectivity index (χ0v) is 10.1. The lowest BCUT2D eigenvalue weighted by atomic mass is 9.96. The van der Waals surface area contributed by atoms with E-state index in [0.29, 0.717) is 6.61 Å². The summed E-state index contributed by atoms with van der Waals surface area (Å²) in [6.45, 7) is 4.51. The molecular weight excluding hydrogens is 196 g/mol. The van der Waals surface area contributed by atoms with E-state index in [2.05, 4.69) is 0 Å². The minimum Gasteiger partial charge on any atom is -0.391 e. The molecule has 1 unspecified atom stereocenters. The summed E-state index contributed by atoms with van der Waals surface area (Å²) in [5.41, 5.74) is 0. The van der Waals surface area contributed by atoms with Gasteiger partial charge in [0.15, 0.2) is 0 Å². The first-order valence-corrected chi connectivity index (χ1v) is 6.71. The van der Waals surface area contributed by atoms with Crippen LogP contribution in [-0.2, 0) is 4.74 Å². The summed E-state index contributed by atoms with van der Waals surface area (Å²) < 4.78 is 5.39. The predicted molar refractivity (Wildman–Crippen MR) is 61.8 cm³/mol. The predicted octanol–water partition coefficient (Wildman–Crippen LogP) is 2.31. The fourth-order valence-corrected chi connectivity index (χ4v) is 2.94. The highest BCUT2D eigenvalue weighted by atomic mass is 32.2. The van der Waals surface area contributed by atoms with Crippen molar-refractivity contribution in [2.45, 2.75) is 45.3 Å². The molecule has 0 aromatic heterocycles. The fourth-order valence-electron chi connectivity index (χ4n) is 1.74. The molecule has 1 heterocycles. The first kappa shape index (κ1) is 12.3. The molecule has 2 nitrogen and oxygen atoms in total. The number of aliphatic hydroxyl groups is 1. The SMILES string of the molecule is CC(C)OCC(O)CC1CCSCC1. The Kier molecular flexibility index (Phi) is 5.90. The second-order valence-corrected chi connectivity index (χ2v) is 5.55. The first-order valence-electron chi connectivity index (χ1n) is 5.56. The maximum atomic E-state index is 9.72. The van der Waals surface area contributed by atoms with Gasteiger partial charge in [-0.15, -0.1) is 0 Å². The lowest BCUT2D eigenvalue weighted by Gasteiger charge is -2.24. The molecule has 0 spiro atoms. The zero-order chi connectivity index (χ0) is 10.4. The van der Waals surface area contributed by atoms with Gasteiger partial charge in [-0.25, -0.2) is 0 Å². The maximum absolute atomic E-state index is 9.72. The van der Waals surface area contributed by atoms with Crippen LogP contribution in [0.2, 0.25) is 0 Å². The van der Waals surface area contributed by atoms with Crippen LogP contribution in [0.1, 0.15) is 33.1 Å². The highest BCUT2D eigenvalue weighted by molar-refractivity contribution is 7.99. The lowest BCUT2D eigenvalue weighted by molar-refractivity contribution is -0.00413. The van der Waals surface area contributed by atoms with Crippen molar-refractivity contribution >= 4 is 11.8 Å². The molecule has 1 aliphatic rings. The Labute approximate surface area is 91.4 Å². The van der Waals surface area contributed by atoms with E-state index in [-0.39, 0.29) is 12.2 Å². The van der Waals surface area contributed by atoms with Crippen molar-refractivity contribution in [1.82, 2.24) is 0 Å². The van der Waals surface area contributed by atoms with Crippen LogP contribution in [0.5, 0.6) is 0 Å². The first-order chi connectivity index (χ1) is 6.68. The highest BCUT2D eigenvalue weighted by Crippen LogP contribution is 2.26. The minimum atomic E-state index is -0.259. The van der Waals surface area contributed by atoms with E-state index in [1.807, 2.05) is 25.6 Å². The van der Waals surface area contributed by atoms with E-state index in [1.165, 1.54) is 24.3 Å². The van der Waals surface area contributed by atoms with E-state index in [4.69, 9.17) is 4.74 Å². The molecule has 0 aliphatic carbocycles. The average Bonchev–Trinajstić information content (AvgIpc) is 2.16. The maximum Gasteiger partial charge on any atom is 0.0776 e. The van der Waals surface area contributed by atoms with E-state index in [9.17, 15) is 5.11 Å². The fraction of sp³-hybridized carbons (Fsp3) is 1.00. The van der Waals surface area contributed by atoms with Crippen LogP contribution in [0.15, 0.2) is 0 Å². The van der Waals surface area contributed by atoms with Crippen LogP contribution in [0.3, 0.4) is 0 Å². The van der Waals surface area contributed by atoms with Crippen LogP contribution in [0.4, 0.5) is 0 Å². The zero-order valence-electron chi connectivity index (χ0n) is 9.24. The van der Waals surface area contributed by atoms with Gasteiger partial charge in [0.1, 0.15) is 0 Å². The molecule has 3 heteroatoms.